The Balaban J connectivity index is 1.44. The summed E-state index contributed by atoms with van der Waals surface area (Å²) in [6.45, 7) is 5.37. The van der Waals surface area contributed by atoms with E-state index in [1.165, 1.54) is 0 Å². The largest absolute Gasteiger partial charge is 0.497 e. The SMILES string of the molecule is COc1ccc(OC)c(CN2CCN(C(=O)c3c(-c4ccccc4)noc3C)CC2)c1. The van der Waals surface area contributed by atoms with Crippen LogP contribution in [0.5, 0.6) is 11.5 Å². The average molecular weight is 421 g/mol. The van der Waals surface area contributed by atoms with E-state index in [-0.39, 0.29) is 5.91 Å². The number of hydrogen-bond donors (Lipinski definition) is 0. The van der Waals surface area contributed by atoms with Crippen molar-refractivity contribution in [3.8, 4) is 22.8 Å². The summed E-state index contributed by atoms with van der Waals surface area (Å²) < 4.78 is 16.2. The van der Waals surface area contributed by atoms with Gasteiger partial charge in [-0.2, -0.15) is 0 Å². The van der Waals surface area contributed by atoms with Gasteiger partial charge in [0, 0.05) is 43.9 Å². The molecule has 1 saturated heterocycles. The minimum Gasteiger partial charge on any atom is -0.497 e. The molecule has 3 aromatic rings. The fourth-order valence-electron chi connectivity index (χ4n) is 3.93. The number of hydrogen-bond acceptors (Lipinski definition) is 6. The molecule has 0 spiro atoms. The molecule has 7 heteroatoms. The van der Waals surface area contributed by atoms with Crippen LogP contribution in [-0.4, -0.2) is 61.3 Å². The molecule has 1 aliphatic heterocycles. The summed E-state index contributed by atoms with van der Waals surface area (Å²) in [6, 6.07) is 15.5. The van der Waals surface area contributed by atoms with Crippen molar-refractivity contribution >= 4 is 5.91 Å². The van der Waals surface area contributed by atoms with E-state index in [2.05, 4.69) is 10.1 Å². The van der Waals surface area contributed by atoms with Crippen LogP contribution < -0.4 is 9.47 Å². The first-order chi connectivity index (χ1) is 15.1. The van der Waals surface area contributed by atoms with Crippen molar-refractivity contribution in [2.45, 2.75) is 13.5 Å². The van der Waals surface area contributed by atoms with E-state index >= 15 is 0 Å². The second kappa shape index (κ2) is 9.22. The van der Waals surface area contributed by atoms with Crippen LogP contribution in [0.4, 0.5) is 0 Å². The molecule has 1 aromatic heterocycles. The summed E-state index contributed by atoms with van der Waals surface area (Å²) in [5.74, 6) is 2.16. The number of methoxy groups -OCH3 is 2. The van der Waals surface area contributed by atoms with Gasteiger partial charge in [0.15, 0.2) is 0 Å². The van der Waals surface area contributed by atoms with Crippen molar-refractivity contribution in [1.29, 1.82) is 0 Å². The highest BCUT2D eigenvalue weighted by molar-refractivity contribution is 6.00. The zero-order valence-corrected chi connectivity index (χ0v) is 18.1. The fraction of sp³-hybridized carbons (Fsp3) is 0.333. The van der Waals surface area contributed by atoms with Crippen molar-refractivity contribution < 1.29 is 18.8 Å². The Morgan fingerprint density at radius 3 is 2.45 bits per heavy atom. The number of ether oxygens (including phenoxy) is 2. The Hall–Kier alpha value is -3.32. The molecule has 1 aliphatic rings. The summed E-state index contributed by atoms with van der Waals surface area (Å²) in [6.07, 6.45) is 0. The number of aromatic nitrogens is 1. The van der Waals surface area contributed by atoms with Crippen LogP contribution in [-0.2, 0) is 6.54 Å². The number of piperazine rings is 1. The van der Waals surface area contributed by atoms with Crippen LogP contribution in [0, 0.1) is 6.92 Å². The first kappa shape index (κ1) is 20.9. The molecule has 0 saturated carbocycles. The van der Waals surface area contributed by atoms with Crippen molar-refractivity contribution in [2.24, 2.45) is 0 Å². The van der Waals surface area contributed by atoms with Gasteiger partial charge in [0.25, 0.3) is 5.91 Å². The molecule has 162 valence electrons. The fourth-order valence-corrected chi connectivity index (χ4v) is 3.93. The van der Waals surface area contributed by atoms with Gasteiger partial charge in [-0.25, -0.2) is 0 Å². The van der Waals surface area contributed by atoms with E-state index in [0.717, 1.165) is 42.3 Å². The summed E-state index contributed by atoms with van der Waals surface area (Å²) in [7, 11) is 3.33. The predicted molar refractivity (Wildman–Crippen MR) is 117 cm³/mol. The highest BCUT2D eigenvalue weighted by atomic mass is 16.5. The summed E-state index contributed by atoms with van der Waals surface area (Å²) in [5, 5.41) is 4.15. The first-order valence-electron chi connectivity index (χ1n) is 10.3. The van der Waals surface area contributed by atoms with E-state index in [1.54, 1.807) is 21.1 Å². The lowest BCUT2D eigenvalue weighted by molar-refractivity contribution is 0.0626. The Morgan fingerprint density at radius 2 is 1.77 bits per heavy atom. The number of rotatable bonds is 6. The second-order valence-corrected chi connectivity index (χ2v) is 7.57. The molecule has 0 N–H and O–H groups in total. The lowest BCUT2D eigenvalue weighted by Crippen LogP contribution is -2.48. The highest BCUT2D eigenvalue weighted by Crippen LogP contribution is 2.28. The third-order valence-electron chi connectivity index (χ3n) is 5.66. The molecule has 1 amide bonds. The highest BCUT2D eigenvalue weighted by Gasteiger charge is 2.28. The maximum absolute atomic E-state index is 13.3. The Morgan fingerprint density at radius 1 is 1.03 bits per heavy atom. The third kappa shape index (κ3) is 4.41. The van der Waals surface area contributed by atoms with E-state index in [9.17, 15) is 4.79 Å². The lowest BCUT2D eigenvalue weighted by atomic mass is 10.0. The molecule has 4 rings (SSSR count). The van der Waals surface area contributed by atoms with E-state index in [0.29, 0.717) is 30.1 Å². The van der Waals surface area contributed by atoms with Crippen LogP contribution in [0.2, 0.25) is 0 Å². The smallest absolute Gasteiger partial charge is 0.259 e. The Kier molecular flexibility index (Phi) is 6.23. The van der Waals surface area contributed by atoms with Gasteiger partial charge in [0.2, 0.25) is 0 Å². The van der Waals surface area contributed by atoms with Gasteiger partial charge in [0.05, 0.1) is 14.2 Å². The van der Waals surface area contributed by atoms with Gasteiger partial charge in [-0.15, -0.1) is 0 Å². The quantitative estimate of drug-likeness (QED) is 0.606. The molecule has 2 aromatic carbocycles. The molecule has 31 heavy (non-hydrogen) atoms. The zero-order valence-electron chi connectivity index (χ0n) is 18.1. The molecule has 2 heterocycles. The van der Waals surface area contributed by atoms with Gasteiger partial charge in [0.1, 0.15) is 28.5 Å². The van der Waals surface area contributed by atoms with Crippen LogP contribution in [0.15, 0.2) is 53.1 Å². The lowest BCUT2D eigenvalue weighted by Gasteiger charge is -2.35. The molecule has 0 atom stereocenters. The van der Waals surface area contributed by atoms with Gasteiger partial charge in [-0.05, 0) is 25.1 Å². The standard InChI is InChI=1S/C24H27N3O4/c1-17-22(23(25-31-17)18-7-5-4-6-8-18)24(28)27-13-11-26(12-14-27)16-19-15-20(29-2)9-10-21(19)30-3/h4-10,15H,11-14,16H2,1-3H3. The second-order valence-electron chi connectivity index (χ2n) is 7.57. The van der Waals surface area contributed by atoms with Crippen LogP contribution >= 0.6 is 0 Å². The monoisotopic (exact) mass is 421 g/mol. The number of carbonyl (C=O) groups is 1. The summed E-state index contributed by atoms with van der Waals surface area (Å²) in [4.78, 5) is 17.5. The van der Waals surface area contributed by atoms with Gasteiger partial charge in [-0.3, -0.25) is 9.69 Å². The zero-order chi connectivity index (χ0) is 21.8. The number of nitrogens with zero attached hydrogens (tertiary/aromatic N) is 3. The molecular formula is C24H27N3O4. The first-order valence-corrected chi connectivity index (χ1v) is 10.3. The van der Waals surface area contributed by atoms with Crippen LogP contribution in [0.3, 0.4) is 0 Å². The minimum atomic E-state index is -0.0313. The molecule has 1 fully saturated rings. The van der Waals surface area contributed by atoms with Gasteiger partial charge in [-0.1, -0.05) is 35.5 Å². The maximum atomic E-state index is 13.3. The van der Waals surface area contributed by atoms with Crippen molar-refractivity contribution in [3.63, 3.8) is 0 Å². The molecule has 0 aliphatic carbocycles. The molecular weight excluding hydrogens is 394 g/mol. The van der Waals surface area contributed by atoms with Crippen molar-refractivity contribution in [3.05, 3.63) is 65.4 Å². The van der Waals surface area contributed by atoms with Gasteiger partial charge >= 0.3 is 0 Å². The van der Waals surface area contributed by atoms with Crippen molar-refractivity contribution in [2.75, 3.05) is 40.4 Å². The van der Waals surface area contributed by atoms with Crippen LogP contribution in [0.25, 0.3) is 11.3 Å². The van der Waals surface area contributed by atoms with Gasteiger partial charge < -0.3 is 18.9 Å². The Bertz CT molecular complexity index is 1040. The molecule has 7 nitrogen and oxygen atoms in total. The normalized spacial score (nSPS) is 14.5. The van der Waals surface area contributed by atoms with Crippen LogP contribution in [0.1, 0.15) is 21.7 Å². The predicted octanol–water partition coefficient (Wildman–Crippen LogP) is 3.63. The number of aryl methyl sites for hydroxylation is 1. The minimum absolute atomic E-state index is 0.0313. The third-order valence-corrected chi connectivity index (χ3v) is 5.66. The van der Waals surface area contributed by atoms with E-state index < -0.39 is 0 Å². The van der Waals surface area contributed by atoms with E-state index in [4.69, 9.17) is 14.0 Å². The number of amides is 1. The Labute approximate surface area is 182 Å². The topological polar surface area (TPSA) is 68.0 Å². The maximum Gasteiger partial charge on any atom is 0.259 e. The molecule has 0 radical (unpaired) electrons. The van der Waals surface area contributed by atoms with Crippen molar-refractivity contribution in [1.82, 2.24) is 15.0 Å². The average Bonchev–Trinajstić information content (AvgIpc) is 3.21. The molecule has 0 unspecified atom stereocenters. The van der Waals surface area contributed by atoms with E-state index in [1.807, 2.05) is 53.4 Å². The number of benzene rings is 2. The number of carbonyl (C=O) groups excluding carboxylic acids is 1. The summed E-state index contributed by atoms with van der Waals surface area (Å²) >= 11 is 0. The summed E-state index contributed by atoms with van der Waals surface area (Å²) in [5.41, 5.74) is 3.11. The molecule has 0 bridgehead atoms.